The number of ether oxygens (including phenoxy) is 1. The number of rotatable bonds is 9. The van der Waals surface area contributed by atoms with E-state index in [1.807, 2.05) is 16.1 Å². The smallest absolute Gasteiger partial charge is 0.330 e. The monoisotopic (exact) mass is 611 g/mol. The van der Waals surface area contributed by atoms with Crippen LogP contribution in [-0.2, 0) is 21.4 Å². The van der Waals surface area contributed by atoms with Gasteiger partial charge in [-0.05, 0) is 87.1 Å². The molecule has 0 radical (unpaired) electrons. The first-order valence-electron chi connectivity index (χ1n) is 15.7. The molecular weight excluding hydrogens is 573 g/mol. The van der Waals surface area contributed by atoms with Crippen molar-refractivity contribution < 1.29 is 23.5 Å². The van der Waals surface area contributed by atoms with Crippen LogP contribution >= 0.6 is 0 Å². The molecule has 2 aromatic heterocycles. The van der Waals surface area contributed by atoms with E-state index in [1.165, 1.54) is 24.6 Å². The first-order chi connectivity index (χ1) is 21.8. The van der Waals surface area contributed by atoms with Gasteiger partial charge in [-0.15, -0.1) is 0 Å². The van der Waals surface area contributed by atoms with Gasteiger partial charge < -0.3 is 19.9 Å². The molecule has 2 N–H and O–H groups in total. The van der Waals surface area contributed by atoms with Crippen LogP contribution in [0.2, 0.25) is 0 Å². The quantitative estimate of drug-likeness (QED) is 0.168. The molecule has 0 spiro atoms. The minimum atomic E-state index is -1.03. The van der Waals surface area contributed by atoms with Crippen molar-refractivity contribution >= 4 is 35.2 Å². The Morgan fingerprint density at radius 1 is 1.02 bits per heavy atom. The van der Waals surface area contributed by atoms with E-state index in [4.69, 9.17) is 9.84 Å². The molecule has 4 aromatic rings. The third-order valence-corrected chi connectivity index (χ3v) is 9.04. The molecule has 0 bridgehead atoms. The molecule has 0 aliphatic heterocycles. The van der Waals surface area contributed by atoms with Crippen LogP contribution in [0, 0.1) is 5.82 Å². The van der Waals surface area contributed by atoms with Gasteiger partial charge in [0.25, 0.3) is 5.91 Å². The molecule has 234 valence electrons. The first-order valence-corrected chi connectivity index (χ1v) is 15.7. The van der Waals surface area contributed by atoms with E-state index in [0.717, 1.165) is 60.3 Å². The molecule has 9 nitrogen and oxygen atoms in total. The summed E-state index contributed by atoms with van der Waals surface area (Å²) in [5, 5.41) is 10.7. The van der Waals surface area contributed by atoms with Crippen LogP contribution in [0.15, 0.2) is 60.7 Å². The molecule has 2 aliphatic carbocycles. The van der Waals surface area contributed by atoms with Gasteiger partial charge in [-0.25, -0.2) is 13.7 Å². The molecule has 0 unspecified atom stereocenters. The largest absolute Gasteiger partial charge is 0.463 e. The van der Waals surface area contributed by atoms with Crippen LogP contribution in [0.3, 0.4) is 0 Å². The van der Waals surface area contributed by atoms with E-state index in [1.54, 1.807) is 55.5 Å². The highest BCUT2D eigenvalue weighted by molar-refractivity contribution is 6.04. The maximum Gasteiger partial charge on any atom is 0.330 e. The number of halogens is 1. The highest BCUT2D eigenvalue weighted by Crippen LogP contribution is 2.40. The van der Waals surface area contributed by atoms with Crippen molar-refractivity contribution in [3.05, 3.63) is 83.4 Å². The number of nitrogens with zero attached hydrogens (tertiary/aromatic N) is 3. The lowest BCUT2D eigenvalue weighted by molar-refractivity contribution is -0.137. The second-order valence-electron chi connectivity index (χ2n) is 12.0. The van der Waals surface area contributed by atoms with Crippen molar-refractivity contribution in [2.24, 2.45) is 7.05 Å². The van der Waals surface area contributed by atoms with E-state index in [-0.39, 0.29) is 23.3 Å². The molecule has 45 heavy (non-hydrogen) atoms. The minimum absolute atomic E-state index is 0.250. The van der Waals surface area contributed by atoms with Crippen LogP contribution in [0.1, 0.15) is 86.0 Å². The Kier molecular flexibility index (Phi) is 8.56. The zero-order valence-corrected chi connectivity index (χ0v) is 25.6. The molecule has 2 aliphatic rings. The van der Waals surface area contributed by atoms with Crippen LogP contribution in [0.5, 0.6) is 0 Å². The summed E-state index contributed by atoms with van der Waals surface area (Å²) < 4.78 is 22.6. The second-order valence-corrected chi connectivity index (χ2v) is 12.0. The fraction of sp³-hybridized carbons (Fsp3) is 0.371. The number of carbonyl (C=O) groups excluding carboxylic acids is 3. The van der Waals surface area contributed by atoms with Gasteiger partial charge in [0.05, 0.1) is 18.0 Å². The molecule has 0 saturated heterocycles. The molecule has 2 amide bonds. The van der Waals surface area contributed by atoms with Gasteiger partial charge in [-0.2, -0.15) is 5.10 Å². The fourth-order valence-electron chi connectivity index (χ4n) is 6.48. The van der Waals surface area contributed by atoms with E-state index in [2.05, 4.69) is 10.6 Å². The average Bonchev–Trinajstić information content (AvgIpc) is 3.58. The molecule has 6 rings (SSSR count). The zero-order valence-electron chi connectivity index (χ0n) is 25.6. The number of esters is 1. The highest BCUT2D eigenvalue weighted by Gasteiger charge is 2.46. The standard InChI is InChI=1S/C35H38FN5O4/c1-3-45-30(42)19-12-23-10-17-27(18-11-23)37-34(44)35(20-7-21-35)38-33(43)28-22-29-40(2)31(25-13-15-26(36)16-14-25)32(41(29)39-28)24-8-5-4-6-9-24/h10-19,22,24H,3-9,20-21H2,1-2H3,(H,37,44)(H,38,43)/b19-12+. The van der Waals surface area contributed by atoms with Gasteiger partial charge >= 0.3 is 5.97 Å². The molecule has 2 fully saturated rings. The second kappa shape index (κ2) is 12.7. The predicted molar refractivity (Wildman–Crippen MR) is 170 cm³/mol. The SMILES string of the molecule is CCOC(=O)/C=C/c1ccc(NC(=O)C2(NC(=O)c3cc4n(C)c(-c5ccc(F)cc5)c(C5CCCCC5)n4n3)CCC2)cc1. The van der Waals surface area contributed by atoms with Gasteiger partial charge in [0.2, 0.25) is 5.91 Å². The summed E-state index contributed by atoms with van der Waals surface area (Å²) in [4.78, 5) is 38.7. The van der Waals surface area contributed by atoms with Gasteiger partial charge in [0.15, 0.2) is 5.69 Å². The summed E-state index contributed by atoms with van der Waals surface area (Å²) in [6.07, 6.45) is 10.4. The summed E-state index contributed by atoms with van der Waals surface area (Å²) in [6.45, 7) is 2.06. The van der Waals surface area contributed by atoms with Crippen molar-refractivity contribution in [1.82, 2.24) is 19.5 Å². The van der Waals surface area contributed by atoms with Crippen molar-refractivity contribution in [3.63, 3.8) is 0 Å². The number of aryl methyl sites for hydroxylation is 1. The van der Waals surface area contributed by atoms with Crippen LogP contribution in [-0.4, -0.2) is 44.1 Å². The highest BCUT2D eigenvalue weighted by atomic mass is 19.1. The third kappa shape index (κ3) is 6.14. The topological polar surface area (TPSA) is 107 Å². The first kappa shape index (κ1) is 30.3. The number of benzene rings is 2. The number of hydrogen-bond acceptors (Lipinski definition) is 5. The van der Waals surface area contributed by atoms with Gasteiger partial charge in [-0.1, -0.05) is 31.4 Å². The Morgan fingerprint density at radius 2 is 1.73 bits per heavy atom. The summed E-state index contributed by atoms with van der Waals surface area (Å²) in [5.41, 5.74) is 4.29. The number of aromatic nitrogens is 3. The number of carbonyl (C=O) groups is 3. The van der Waals surface area contributed by atoms with Crippen molar-refractivity contribution in [2.45, 2.75) is 69.7 Å². The summed E-state index contributed by atoms with van der Waals surface area (Å²) >= 11 is 0. The van der Waals surface area contributed by atoms with E-state index >= 15 is 0 Å². The lowest BCUT2D eigenvalue weighted by atomic mass is 9.75. The maximum absolute atomic E-state index is 13.8. The summed E-state index contributed by atoms with van der Waals surface area (Å²) in [6, 6.07) is 15.4. The van der Waals surface area contributed by atoms with Gasteiger partial charge in [0.1, 0.15) is 17.0 Å². The van der Waals surface area contributed by atoms with Crippen LogP contribution < -0.4 is 10.6 Å². The van der Waals surface area contributed by atoms with Crippen LogP contribution in [0.4, 0.5) is 10.1 Å². The predicted octanol–water partition coefficient (Wildman–Crippen LogP) is 6.39. The van der Waals surface area contributed by atoms with E-state index in [9.17, 15) is 18.8 Å². The van der Waals surface area contributed by atoms with E-state index in [0.29, 0.717) is 25.1 Å². The molecule has 2 heterocycles. The number of hydrogen-bond donors (Lipinski definition) is 2. The molecular formula is C35H38FN5O4. The maximum atomic E-state index is 13.8. The Morgan fingerprint density at radius 3 is 2.38 bits per heavy atom. The Hall–Kier alpha value is -4.73. The average molecular weight is 612 g/mol. The van der Waals surface area contributed by atoms with Crippen molar-refractivity contribution in [1.29, 1.82) is 0 Å². The third-order valence-electron chi connectivity index (χ3n) is 9.04. The molecule has 0 atom stereocenters. The van der Waals surface area contributed by atoms with Gasteiger partial charge in [0, 0.05) is 36.4 Å². The van der Waals surface area contributed by atoms with Gasteiger partial charge in [-0.3, -0.25) is 9.59 Å². The summed E-state index contributed by atoms with van der Waals surface area (Å²) in [7, 11) is 1.95. The number of fused-ring (bicyclic) bond motifs is 1. The minimum Gasteiger partial charge on any atom is -0.463 e. The van der Waals surface area contributed by atoms with E-state index < -0.39 is 17.4 Å². The number of anilines is 1. The summed E-state index contributed by atoms with van der Waals surface area (Å²) in [5.74, 6) is -1.10. The van der Waals surface area contributed by atoms with Crippen molar-refractivity contribution in [3.8, 4) is 11.3 Å². The number of nitrogens with one attached hydrogen (secondary N) is 2. The van der Waals surface area contributed by atoms with Crippen LogP contribution in [0.25, 0.3) is 23.0 Å². The number of amides is 2. The van der Waals surface area contributed by atoms with Crippen molar-refractivity contribution in [2.75, 3.05) is 11.9 Å². The molecule has 2 saturated carbocycles. The number of imidazole rings is 1. The Balaban J connectivity index is 1.22. The molecule has 10 heteroatoms. The normalized spacial score (nSPS) is 16.4. The lowest BCUT2D eigenvalue weighted by Gasteiger charge is -2.40. The Labute approximate surface area is 261 Å². The lowest BCUT2D eigenvalue weighted by Crippen LogP contribution is -2.61. The fourth-order valence-corrected chi connectivity index (χ4v) is 6.48. The zero-order chi connectivity index (χ0) is 31.6. The Bertz CT molecular complexity index is 1740. The molecule has 2 aromatic carbocycles.